The van der Waals surface area contributed by atoms with Crippen molar-refractivity contribution < 1.29 is 14.9 Å². The van der Waals surface area contributed by atoms with Crippen LogP contribution in [0.4, 0.5) is 5.69 Å². The van der Waals surface area contributed by atoms with Gasteiger partial charge in [-0.05, 0) is 92.6 Å². The highest BCUT2D eigenvalue weighted by atomic mass is 16.6. The molecule has 0 amide bonds. The highest BCUT2D eigenvalue weighted by Crippen LogP contribution is 2.61. The van der Waals surface area contributed by atoms with Crippen LogP contribution in [0, 0.1) is 39.2 Å². The van der Waals surface area contributed by atoms with E-state index in [0.717, 1.165) is 49.7 Å². The number of oxime groups is 1. The van der Waals surface area contributed by atoms with Crippen molar-refractivity contribution >= 4 is 11.4 Å². The molecular formula is C24H30N2O4. The van der Waals surface area contributed by atoms with Crippen molar-refractivity contribution in [1.29, 1.82) is 0 Å². The summed E-state index contributed by atoms with van der Waals surface area (Å²) >= 11 is 0. The summed E-state index contributed by atoms with van der Waals surface area (Å²) in [6, 6.07) is 6.36. The van der Waals surface area contributed by atoms with Gasteiger partial charge in [0.15, 0.2) is 0 Å². The molecule has 0 aromatic heterocycles. The summed E-state index contributed by atoms with van der Waals surface area (Å²) < 4.78 is 0. The van der Waals surface area contributed by atoms with Crippen LogP contribution in [0.25, 0.3) is 0 Å². The molecule has 30 heavy (non-hydrogen) atoms. The largest absolute Gasteiger partial charge is 0.393 e. The van der Waals surface area contributed by atoms with Gasteiger partial charge in [-0.2, -0.15) is 0 Å². The molecule has 0 bridgehead atoms. The number of benzene rings is 1. The number of aliphatic hydroxyl groups is 1. The minimum absolute atomic E-state index is 0.0623. The standard InChI is InChI=1S/C24H30N2O4/c1-24-13-12-18-17-9-7-16(25-30-22-5-3-2-4-21(22)26(28)29)14-15(17)6-8-19(18)20(24)10-11-23(24)27/h2-5,14,17-20,23,27H,6-13H2,1H3/b25-16+/t17-,18+,19+,20-,23-,24-/m0/s1. The molecular weight excluding hydrogens is 380 g/mol. The first-order valence-corrected chi connectivity index (χ1v) is 11.3. The molecule has 6 atom stereocenters. The number of hydrogen-bond donors (Lipinski definition) is 1. The maximum atomic E-state index is 11.2. The molecule has 4 aliphatic carbocycles. The van der Waals surface area contributed by atoms with E-state index in [1.807, 2.05) is 0 Å². The lowest BCUT2D eigenvalue weighted by molar-refractivity contribution is -0.385. The van der Waals surface area contributed by atoms with Crippen molar-refractivity contribution in [2.45, 2.75) is 64.4 Å². The molecule has 160 valence electrons. The van der Waals surface area contributed by atoms with Crippen LogP contribution in [0.15, 0.2) is 41.1 Å². The fourth-order valence-electron chi connectivity index (χ4n) is 7.03. The first-order chi connectivity index (χ1) is 14.5. The number of allylic oxidation sites excluding steroid dienone is 2. The summed E-state index contributed by atoms with van der Waals surface area (Å²) in [5.74, 6) is 2.95. The number of nitrogens with zero attached hydrogens (tertiary/aromatic N) is 2. The van der Waals surface area contributed by atoms with Crippen molar-refractivity contribution in [3.05, 3.63) is 46.0 Å². The Labute approximate surface area is 177 Å². The third-order valence-electron chi connectivity index (χ3n) is 8.59. The molecule has 1 aromatic rings. The van der Waals surface area contributed by atoms with E-state index in [4.69, 9.17) is 4.84 Å². The second kappa shape index (κ2) is 7.49. The normalized spacial score (nSPS) is 38.9. The zero-order chi connectivity index (χ0) is 20.9. The van der Waals surface area contributed by atoms with Gasteiger partial charge in [0, 0.05) is 6.07 Å². The lowest BCUT2D eigenvalue weighted by atomic mass is 9.52. The summed E-state index contributed by atoms with van der Waals surface area (Å²) in [7, 11) is 0. The van der Waals surface area contributed by atoms with E-state index in [1.54, 1.807) is 18.2 Å². The van der Waals surface area contributed by atoms with Gasteiger partial charge >= 0.3 is 5.69 Å². The number of aliphatic hydroxyl groups excluding tert-OH is 1. The molecule has 1 N–H and O–H groups in total. The van der Waals surface area contributed by atoms with Crippen molar-refractivity contribution in [2.75, 3.05) is 0 Å². The summed E-state index contributed by atoms with van der Waals surface area (Å²) in [4.78, 5) is 16.2. The van der Waals surface area contributed by atoms with Crippen molar-refractivity contribution in [1.82, 2.24) is 0 Å². The summed E-state index contributed by atoms with van der Waals surface area (Å²) in [5.41, 5.74) is 2.43. The third kappa shape index (κ3) is 3.16. The van der Waals surface area contributed by atoms with Crippen LogP contribution in [0.5, 0.6) is 5.75 Å². The van der Waals surface area contributed by atoms with E-state index in [9.17, 15) is 15.2 Å². The van der Waals surface area contributed by atoms with Crippen LogP contribution < -0.4 is 4.84 Å². The quantitative estimate of drug-likeness (QED) is 0.544. The van der Waals surface area contributed by atoms with E-state index in [0.29, 0.717) is 11.8 Å². The molecule has 3 saturated carbocycles. The lowest BCUT2D eigenvalue weighted by Crippen LogP contribution is -2.47. The summed E-state index contributed by atoms with van der Waals surface area (Å²) in [6.45, 7) is 2.32. The van der Waals surface area contributed by atoms with Crippen LogP contribution in [0.2, 0.25) is 0 Å². The van der Waals surface area contributed by atoms with Gasteiger partial charge in [-0.25, -0.2) is 0 Å². The molecule has 0 heterocycles. The highest BCUT2D eigenvalue weighted by molar-refractivity contribution is 5.96. The van der Waals surface area contributed by atoms with Crippen LogP contribution in [0.1, 0.15) is 58.3 Å². The second-order valence-electron chi connectivity index (χ2n) is 9.87. The third-order valence-corrected chi connectivity index (χ3v) is 8.59. The monoisotopic (exact) mass is 410 g/mol. The first kappa shape index (κ1) is 19.7. The maximum absolute atomic E-state index is 11.2. The second-order valence-corrected chi connectivity index (χ2v) is 9.87. The molecule has 6 nitrogen and oxygen atoms in total. The van der Waals surface area contributed by atoms with Crippen molar-refractivity contribution in [3.63, 3.8) is 0 Å². The minimum Gasteiger partial charge on any atom is -0.393 e. The van der Waals surface area contributed by atoms with Gasteiger partial charge < -0.3 is 9.94 Å². The molecule has 5 rings (SSSR count). The van der Waals surface area contributed by atoms with Gasteiger partial charge in [-0.15, -0.1) is 0 Å². The van der Waals surface area contributed by atoms with E-state index in [1.165, 1.54) is 30.9 Å². The topological polar surface area (TPSA) is 85.0 Å². The fourth-order valence-corrected chi connectivity index (χ4v) is 7.03. The Morgan fingerprint density at radius 3 is 2.80 bits per heavy atom. The van der Waals surface area contributed by atoms with Crippen LogP contribution >= 0.6 is 0 Å². The van der Waals surface area contributed by atoms with Crippen LogP contribution in [-0.4, -0.2) is 21.8 Å². The SMILES string of the molecule is C[C@]12CC[C@H]3[C@@H](CCC4=C/C(=N/Oc5ccccc5[N+](=O)[O-])CC[C@@H]43)[C@@H]1CC[C@@H]2O. The van der Waals surface area contributed by atoms with Crippen LogP contribution in [0.3, 0.4) is 0 Å². The molecule has 1 aromatic carbocycles. The van der Waals surface area contributed by atoms with Gasteiger partial charge in [0.25, 0.3) is 0 Å². The molecule has 4 aliphatic rings. The predicted octanol–water partition coefficient (Wildman–Crippen LogP) is 5.26. The van der Waals surface area contributed by atoms with E-state index < -0.39 is 4.92 Å². The number of para-hydroxylation sites is 2. The van der Waals surface area contributed by atoms with E-state index >= 15 is 0 Å². The van der Waals surface area contributed by atoms with Crippen LogP contribution in [-0.2, 0) is 0 Å². The first-order valence-electron chi connectivity index (χ1n) is 11.3. The average molecular weight is 411 g/mol. The number of hydrogen-bond acceptors (Lipinski definition) is 5. The summed E-state index contributed by atoms with van der Waals surface area (Å²) in [6.07, 6.45) is 10.8. The van der Waals surface area contributed by atoms with Gasteiger partial charge in [-0.1, -0.05) is 29.8 Å². The Morgan fingerprint density at radius 2 is 1.97 bits per heavy atom. The van der Waals surface area contributed by atoms with Gasteiger partial charge in [0.05, 0.1) is 16.7 Å². The van der Waals surface area contributed by atoms with E-state index in [-0.39, 0.29) is 23.0 Å². The highest BCUT2D eigenvalue weighted by Gasteiger charge is 2.55. The van der Waals surface area contributed by atoms with Crippen molar-refractivity contribution in [3.8, 4) is 5.75 Å². The summed E-state index contributed by atoms with van der Waals surface area (Å²) in [5, 5.41) is 26.0. The average Bonchev–Trinajstić information content (AvgIpc) is 3.06. The minimum atomic E-state index is -0.442. The van der Waals surface area contributed by atoms with Crippen molar-refractivity contribution in [2.24, 2.45) is 34.2 Å². The molecule has 0 unspecified atom stereocenters. The maximum Gasteiger partial charge on any atom is 0.314 e. The van der Waals surface area contributed by atoms with Gasteiger partial charge in [0.1, 0.15) is 0 Å². The molecule has 0 aliphatic heterocycles. The Bertz CT molecular complexity index is 910. The number of fused-ring (bicyclic) bond motifs is 5. The lowest BCUT2D eigenvalue weighted by Gasteiger charge is -2.53. The predicted molar refractivity (Wildman–Crippen MR) is 114 cm³/mol. The Balaban J connectivity index is 1.32. The van der Waals surface area contributed by atoms with Gasteiger partial charge in [0.2, 0.25) is 5.75 Å². The zero-order valence-electron chi connectivity index (χ0n) is 17.5. The molecule has 3 fully saturated rings. The number of nitro groups is 1. The Morgan fingerprint density at radius 1 is 1.13 bits per heavy atom. The number of rotatable bonds is 3. The molecule has 0 saturated heterocycles. The molecule has 0 spiro atoms. The number of nitro benzene ring substituents is 1. The molecule has 0 radical (unpaired) electrons. The molecule has 6 heteroatoms. The van der Waals surface area contributed by atoms with E-state index in [2.05, 4.69) is 18.2 Å². The smallest absolute Gasteiger partial charge is 0.314 e. The van der Waals surface area contributed by atoms with Gasteiger partial charge in [-0.3, -0.25) is 10.1 Å². The zero-order valence-corrected chi connectivity index (χ0v) is 17.5. The Kier molecular flexibility index (Phi) is 4.92. The fraction of sp³-hybridized carbons (Fsp3) is 0.625. The Hall–Kier alpha value is -2.21.